The highest BCUT2D eigenvalue weighted by Gasteiger charge is 2.30. The van der Waals surface area contributed by atoms with E-state index in [0.29, 0.717) is 19.6 Å². The summed E-state index contributed by atoms with van der Waals surface area (Å²) < 4.78 is 5.54. The first-order valence-corrected chi connectivity index (χ1v) is 7.72. The average molecular weight is 302 g/mol. The van der Waals surface area contributed by atoms with Crippen molar-refractivity contribution in [3.05, 3.63) is 35.9 Å². The molecule has 1 unspecified atom stereocenters. The van der Waals surface area contributed by atoms with Crippen LogP contribution < -0.4 is 0 Å². The van der Waals surface area contributed by atoms with Crippen molar-refractivity contribution in [2.24, 2.45) is 4.99 Å². The number of imide groups is 1. The highest BCUT2D eigenvalue weighted by molar-refractivity contribution is 6.32. The van der Waals surface area contributed by atoms with Gasteiger partial charge in [0.2, 0.25) is 0 Å². The number of nitrogens with zero attached hydrogens (tertiary/aromatic N) is 2. The summed E-state index contributed by atoms with van der Waals surface area (Å²) in [6, 6.07) is 9.39. The van der Waals surface area contributed by atoms with Gasteiger partial charge in [-0.05, 0) is 12.0 Å². The van der Waals surface area contributed by atoms with Crippen LogP contribution in [0.1, 0.15) is 31.7 Å². The molecule has 118 valence electrons. The minimum Gasteiger partial charge on any atom is -0.375 e. The zero-order valence-corrected chi connectivity index (χ0v) is 12.9. The van der Waals surface area contributed by atoms with Gasteiger partial charge < -0.3 is 4.74 Å². The molecule has 0 saturated heterocycles. The van der Waals surface area contributed by atoms with E-state index in [0.717, 1.165) is 18.4 Å². The van der Waals surface area contributed by atoms with Crippen LogP contribution >= 0.6 is 0 Å². The van der Waals surface area contributed by atoms with Gasteiger partial charge in [0, 0.05) is 0 Å². The van der Waals surface area contributed by atoms with Crippen molar-refractivity contribution in [2.45, 2.75) is 38.8 Å². The molecule has 0 radical (unpaired) electrons. The zero-order chi connectivity index (χ0) is 15.8. The van der Waals surface area contributed by atoms with E-state index in [2.05, 4.69) is 11.9 Å². The number of aliphatic imine (C=N–C) groups is 1. The molecule has 2 amide bonds. The summed E-state index contributed by atoms with van der Waals surface area (Å²) in [4.78, 5) is 29.3. The molecule has 0 spiro atoms. The van der Waals surface area contributed by atoms with Crippen molar-refractivity contribution >= 4 is 18.0 Å². The molecular weight excluding hydrogens is 280 g/mol. The molecule has 5 nitrogen and oxygen atoms in total. The van der Waals surface area contributed by atoms with Crippen molar-refractivity contribution in [1.29, 1.82) is 0 Å². The first-order chi connectivity index (χ1) is 10.7. The fourth-order valence-electron chi connectivity index (χ4n) is 2.31. The normalized spacial score (nSPS) is 18.0. The third kappa shape index (κ3) is 4.49. The fraction of sp³-hybridized carbons (Fsp3) is 0.471. The molecule has 5 heteroatoms. The Kier molecular flexibility index (Phi) is 6.27. The van der Waals surface area contributed by atoms with Crippen molar-refractivity contribution in [2.75, 3.05) is 13.2 Å². The number of rotatable bonds is 8. The number of benzene rings is 1. The van der Waals surface area contributed by atoms with Crippen LogP contribution in [0, 0.1) is 0 Å². The summed E-state index contributed by atoms with van der Waals surface area (Å²) in [5.74, 6) is -0.551. The van der Waals surface area contributed by atoms with Crippen molar-refractivity contribution in [1.82, 2.24) is 4.90 Å². The van der Waals surface area contributed by atoms with E-state index >= 15 is 0 Å². The van der Waals surface area contributed by atoms with Crippen LogP contribution in [0.3, 0.4) is 0 Å². The molecule has 0 aliphatic carbocycles. The summed E-state index contributed by atoms with van der Waals surface area (Å²) in [6.07, 6.45) is 3.90. The van der Waals surface area contributed by atoms with Crippen molar-refractivity contribution < 1.29 is 14.3 Å². The summed E-state index contributed by atoms with van der Waals surface area (Å²) in [6.45, 7) is 3.15. The smallest absolute Gasteiger partial charge is 0.271 e. The van der Waals surface area contributed by atoms with Crippen molar-refractivity contribution in [3.63, 3.8) is 0 Å². The Balaban J connectivity index is 1.79. The molecule has 1 aromatic carbocycles. The maximum Gasteiger partial charge on any atom is 0.271 e. The standard InChI is InChI=1S/C17H22N2O3/c1-2-3-9-15-17(21)19(16(20)12-18-15)10-11-22-13-14-7-5-4-6-8-14/h4-8,12,15H,2-3,9-11,13H2,1H3. The Morgan fingerprint density at radius 3 is 2.73 bits per heavy atom. The van der Waals surface area contributed by atoms with Crippen LogP contribution in [0.25, 0.3) is 0 Å². The van der Waals surface area contributed by atoms with Crippen LogP contribution in [0.5, 0.6) is 0 Å². The second-order valence-corrected chi connectivity index (χ2v) is 5.30. The molecule has 2 rings (SSSR count). The largest absolute Gasteiger partial charge is 0.375 e. The first kappa shape index (κ1) is 16.4. The van der Waals surface area contributed by atoms with Crippen LogP contribution in [0.2, 0.25) is 0 Å². The average Bonchev–Trinajstić information content (AvgIpc) is 2.54. The molecule has 1 aromatic rings. The van der Waals surface area contributed by atoms with E-state index in [1.54, 1.807) is 0 Å². The molecule has 0 N–H and O–H groups in total. The van der Waals surface area contributed by atoms with E-state index in [1.165, 1.54) is 11.1 Å². The van der Waals surface area contributed by atoms with Gasteiger partial charge in [-0.3, -0.25) is 19.5 Å². The van der Waals surface area contributed by atoms with Gasteiger partial charge in [-0.1, -0.05) is 50.1 Å². The Morgan fingerprint density at radius 2 is 2.00 bits per heavy atom. The number of amides is 2. The van der Waals surface area contributed by atoms with Crippen molar-refractivity contribution in [3.8, 4) is 0 Å². The molecule has 1 aliphatic rings. The molecule has 1 atom stereocenters. The molecule has 0 saturated carbocycles. The molecule has 1 heterocycles. The highest BCUT2D eigenvalue weighted by atomic mass is 16.5. The predicted octanol–water partition coefficient (Wildman–Crippen LogP) is 2.20. The molecule has 0 fully saturated rings. The van der Waals surface area contributed by atoms with Gasteiger partial charge in [-0.25, -0.2) is 0 Å². The summed E-state index contributed by atoms with van der Waals surface area (Å²) in [5, 5.41) is 0. The topological polar surface area (TPSA) is 59.0 Å². The fourth-order valence-corrected chi connectivity index (χ4v) is 2.31. The zero-order valence-electron chi connectivity index (χ0n) is 12.9. The summed E-state index contributed by atoms with van der Waals surface area (Å²) >= 11 is 0. The lowest BCUT2D eigenvalue weighted by Gasteiger charge is -2.26. The monoisotopic (exact) mass is 302 g/mol. The Labute approximate surface area is 131 Å². The minimum atomic E-state index is -0.410. The van der Waals surface area contributed by atoms with Gasteiger partial charge in [0.1, 0.15) is 6.04 Å². The second-order valence-electron chi connectivity index (χ2n) is 5.30. The quantitative estimate of drug-likeness (QED) is 0.546. The lowest BCUT2D eigenvalue weighted by molar-refractivity contribution is -0.143. The van der Waals surface area contributed by atoms with E-state index in [1.807, 2.05) is 30.3 Å². The lowest BCUT2D eigenvalue weighted by atomic mass is 10.1. The molecule has 0 aromatic heterocycles. The van der Waals surface area contributed by atoms with Crippen LogP contribution in [-0.4, -0.2) is 42.1 Å². The van der Waals surface area contributed by atoms with E-state index in [9.17, 15) is 9.59 Å². The second kappa shape index (κ2) is 8.44. The third-order valence-electron chi connectivity index (χ3n) is 3.58. The highest BCUT2D eigenvalue weighted by Crippen LogP contribution is 2.12. The minimum absolute atomic E-state index is 0.204. The number of unbranched alkanes of at least 4 members (excludes halogenated alkanes) is 1. The van der Waals surface area contributed by atoms with Gasteiger partial charge in [0.15, 0.2) is 0 Å². The SMILES string of the molecule is CCCCC1N=CC(=O)N(CCOCc2ccccc2)C1=O. The molecule has 22 heavy (non-hydrogen) atoms. The van der Waals surface area contributed by atoms with E-state index in [4.69, 9.17) is 4.74 Å². The Bertz CT molecular complexity index is 528. The predicted molar refractivity (Wildman–Crippen MR) is 84.6 cm³/mol. The third-order valence-corrected chi connectivity index (χ3v) is 3.58. The lowest BCUT2D eigenvalue weighted by Crippen LogP contribution is -2.48. The number of carbonyl (C=O) groups excluding carboxylic acids is 2. The van der Waals surface area contributed by atoms with Gasteiger partial charge >= 0.3 is 0 Å². The van der Waals surface area contributed by atoms with E-state index < -0.39 is 6.04 Å². The maximum atomic E-state index is 12.2. The van der Waals surface area contributed by atoms with E-state index in [-0.39, 0.29) is 18.4 Å². The number of carbonyl (C=O) groups is 2. The Hall–Kier alpha value is -2.01. The number of hydrogen-bond acceptors (Lipinski definition) is 4. The Morgan fingerprint density at radius 1 is 1.23 bits per heavy atom. The van der Waals surface area contributed by atoms with Gasteiger partial charge in [0.05, 0.1) is 26.0 Å². The van der Waals surface area contributed by atoms with Crippen LogP contribution in [0.15, 0.2) is 35.3 Å². The molecule has 1 aliphatic heterocycles. The first-order valence-electron chi connectivity index (χ1n) is 7.72. The van der Waals surface area contributed by atoms with Gasteiger partial charge in [-0.15, -0.1) is 0 Å². The van der Waals surface area contributed by atoms with Gasteiger partial charge in [0.25, 0.3) is 11.8 Å². The number of ether oxygens (including phenoxy) is 1. The number of hydrogen-bond donors (Lipinski definition) is 0. The molecular formula is C17H22N2O3. The van der Waals surface area contributed by atoms with Gasteiger partial charge in [-0.2, -0.15) is 0 Å². The summed E-state index contributed by atoms with van der Waals surface area (Å²) in [5.41, 5.74) is 1.07. The van der Waals surface area contributed by atoms with Crippen LogP contribution in [0.4, 0.5) is 0 Å². The summed E-state index contributed by atoms with van der Waals surface area (Å²) in [7, 11) is 0. The van der Waals surface area contributed by atoms with Crippen LogP contribution in [-0.2, 0) is 20.9 Å². The molecule has 0 bridgehead atoms. The maximum absolute atomic E-state index is 12.2.